The zero-order chi connectivity index (χ0) is 11.3. The Hall–Kier alpha value is -1.36. The first-order valence-electron chi connectivity index (χ1n) is 4.27. The number of ether oxygens (including phenoxy) is 1. The second-order valence-electron chi connectivity index (χ2n) is 2.81. The van der Waals surface area contributed by atoms with E-state index >= 15 is 0 Å². The molecule has 0 spiro atoms. The lowest BCUT2D eigenvalue weighted by Gasteiger charge is -2.06. The van der Waals surface area contributed by atoms with Crippen LogP contribution in [0.3, 0.4) is 0 Å². The number of halogens is 1. The van der Waals surface area contributed by atoms with E-state index in [2.05, 4.69) is 26.0 Å². The first kappa shape index (κ1) is 11.7. The monoisotopic (exact) mass is 271 g/mol. The van der Waals surface area contributed by atoms with Crippen LogP contribution in [0.25, 0.3) is 0 Å². The molecule has 0 heterocycles. The minimum Gasteiger partial charge on any atom is -0.456 e. The number of carbonyl (C=O) groups excluding carboxylic acids is 2. The van der Waals surface area contributed by atoms with Crippen molar-refractivity contribution in [3.8, 4) is 0 Å². The molecule has 0 saturated heterocycles. The Labute approximate surface area is 95.7 Å². The highest BCUT2D eigenvalue weighted by Crippen LogP contribution is 2.20. The Morgan fingerprint density at radius 2 is 2.07 bits per heavy atom. The lowest BCUT2D eigenvalue weighted by Crippen LogP contribution is -2.19. The molecule has 0 radical (unpaired) electrons. The minimum atomic E-state index is -0.475. The Morgan fingerprint density at radius 1 is 1.40 bits per heavy atom. The molecule has 0 fully saturated rings. The number of anilines is 1. The van der Waals surface area contributed by atoms with E-state index in [0.717, 1.165) is 4.47 Å². The SMILES string of the molecule is CC(=O)OCC(=O)Nc1ccccc1Br. The van der Waals surface area contributed by atoms with E-state index in [1.807, 2.05) is 6.07 Å². The summed E-state index contributed by atoms with van der Waals surface area (Å²) in [4.78, 5) is 21.7. The molecule has 1 rings (SSSR count). The first-order chi connectivity index (χ1) is 7.09. The van der Waals surface area contributed by atoms with Crippen LogP contribution in [-0.4, -0.2) is 18.5 Å². The first-order valence-corrected chi connectivity index (χ1v) is 5.06. The van der Waals surface area contributed by atoms with Crippen molar-refractivity contribution >= 4 is 33.5 Å². The summed E-state index contributed by atoms with van der Waals surface area (Å²) in [7, 11) is 0. The number of para-hydroxylation sites is 1. The van der Waals surface area contributed by atoms with Crippen molar-refractivity contribution in [1.82, 2.24) is 0 Å². The van der Waals surface area contributed by atoms with Crippen molar-refractivity contribution in [3.05, 3.63) is 28.7 Å². The lowest BCUT2D eigenvalue weighted by molar-refractivity contribution is -0.144. The van der Waals surface area contributed by atoms with Gasteiger partial charge in [0.05, 0.1) is 5.69 Å². The molecule has 4 nitrogen and oxygen atoms in total. The quantitative estimate of drug-likeness (QED) is 0.855. The fraction of sp³-hybridized carbons (Fsp3) is 0.200. The highest BCUT2D eigenvalue weighted by atomic mass is 79.9. The van der Waals surface area contributed by atoms with Gasteiger partial charge in [-0.3, -0.25) is 9.59 Å². The fourth-order valence-electron chi connectivity index (χ4n) is 0.916. The van der Waals surface area contributed by atoms with Gasteiger partial charge in [-0.1, -0.05) is 12.1 Å². The Balaban J connectivity index is 2.52. The van der Waals surface area contributed by atoms with Crippen molar-refractivity contribution in [1.29, 1.82) is 0 Å². The molecule has 0 aliphatic carbocycles. The molecule has 0 bridgehead atoms. The van der Waals surface area contributed by atoms with Crippen LogP contribution < -0.4 is 5.32 Å². The molecular formula is C10H10BrNO3. The average molecular weight is 272 g/mol. The van der Waals surface area contributed by atoms with E-state index in [9.17, 15) is 9.59 Å². The predicted molar refractivity (Wildman–Crippen MR) is 59.4 cm³/mol. The zero-order valence-corrected chi connectivity index (χ0v) is 9.71. The standard InChI is InChI=1S/C10H10BrNO3/c1-7(13)15-6-10(14)12-9-5-3-2-4-8(9)11/h2-5H,6H2,1H3,(H,12,14). The number of hydrogen-bond donors (Lipinski definition) is 1. The molecule has 0 unspecified atom stereocenters. The van der Waals surface area contributed by atoms with Crippen LogP contribution in [0, 0.1) is 0 Å². The summed E-state index contributed by atoms with van der Waals surface area (Å²) in [6, 6.07) is 7.19. The second-order valence-corrected chi connectivity index (χ2v) is 3.66. The number of hydrogen-bond acceptors (Lipinski definition) is 3. The molecule has 0 aromatic heterocycles. The molecular weight excluding hydrogens is 262 g/mol. The molecule has 0 aliphatic rings. The van der Waals surface area contributed by atoms with Gasteiger partial charge in [-0.2, -0.15) is 0 Å². The molecule has 1 aromatic rings. The Morgan fingerprint density at radius 3 is 2.67 bits per heavy atom. The summed E-state index contributed by atoms with van der Waals surface area (Å²) >= 11 is 3.28. The second kappa shape index (κ2) is 5.50. The summed E-state index contributed by atoms with van der Waals surface area (Å²) in [5, 5.41) is 2.60. The average Bonchev–Trinajstić information content (AvgIpc) is 2.18. The molecule has 15 heavy (non-hydrogen) atoms. The molecule has 1 N–H and O–H groups in total. The van der Waals surface area contributed by atoms with Gasteiger partial charge in [0.2, 0.25) is 0 Å². The maximum absolute atomic E-state index is 11.3. The largest absolute Gasteiger partial charge is 0.456 e. The van der Waals surface area contributed by atoms with Gasteiger partial charge in [-0.15, -0.1) is 0 Å². The van der Waals surface area contributed by atoms with Crippen molar-refractivity contribution in [2.45, 2.75) is 6.92 Å². The highest BCUT2D eigenvalue weighted by molar-refractivity contribution is 9.10. The Kier molecular flexibility index (Phi) is 4.30. The van der Waals surface area contributed by atoms with E-state index in [4.69, 9.17) is 0 Å². The number of carbonyl (C=O) groups is 2. The van der Waals surface area contributed by atoms with Crippen LogP contribution in [0.2, 0.25) is 0 Å². The molecule has 0 aliphatic heterocycles. The third-order valence-electron chi connectivity index (χ3n) is 1.55. The third-order valence-corrected chi connectivity index (χ3v) is 2.25. The maximum Gasteiger partial charge on any atom is 0.303 e. The highest BCUT2D eigenvalue weighted by Gasteiger charge is 2.05. The lowest BCUT2D eigenvalue weighted by atomic mass is 10.3. The van der Waals surface area contributed by atoms with Crippen molar-refractivity contribution in [2.24, 2.45) is 0 Å². The normalized spacial score (nSPS) is 9.47. The predicted octanol–water partition coefficient (Wildman–Crippen LogP) is 1.95. The summed E-state index contributed by atoms with van der Waals surface area (Å²) in [5.41, 5.74) is 0.648. The number of esters is 1. The van der Waals surface area contributed by atoms with E-state index in [1.165, 1.54) is 6.92 Å². The van der Waals surface area contributed by atoms with Crippen LogP contribution in [0.4, 0.5) is 5.69 Å². The van der Waals surface area contributed by atoms with Gasteiger partial charge < -0.3 is 10.1 Å². The molecule has 0 atom stereocenters. The molecule has 1 amide bonds. The van der Waals surface area contributed by atoms with Gasteiger partial charge in [-0.05, 0) is 28.1 Å². The van der Waals surface area contributed by atoms with E-state index < -0.39 is 5.97 Å². The van der Waals surface area contributed by atoms with Gasteiger partial charge in [0.25, 0.3) is 5.91 Å². The maximum atomic E-state index is 11.3. The number of benzene rings is 1. The minimum absolute atomic E-state index is 0.267. The van der Waals surface area contributed by atoms with Crippen molar-refractivity contribution in [2.75, 3.05) is 11.9 Å². The van der Waals surface area contributed by atoms with Gasteiger partial charge in [-0.25, -0.2) is 0 Å². The summed E-state index contributed by atoms with van der Waals surface area (Å²) < 4.78 is 5.33. The number of amides is 1. The van der Waals surface area contributed by atoms with Crippen LogP contribution in [-0.2, 0) is 14.3 Å². The van der Waals surface area contributed by atoms with E-state index in [1.54, 1.807) is 18.2 Å². The van der Waals surface area contributed by atoms with Crippen LogP contribution in [0.15, 0.2) is 28.7 Å². The molecule has 80 valence electrons. The zero-order valence-electron chi connectivity index (χ0n) is 8.12. The molecule has 5 heteroatoms. The van der Waals surface area contributed by atoms with Gasteiger partial charge in [0.15, 0.2) is 6.61 Å². The van der Waals surface area contributed by atoms with Crippen LogP contribution >= 0.6 is 15.9 Å². The molecule has 1 aromatic carbocycles. The van der Waals surface area contributed by atoms with Crippen LogP contribution in [0.1, 0.15) is 6.92 Å². The fourth-order valence-corrected chi connectivity index (χ4v) is 1.30. The van der Waals surface area contributed by atoms with Gasteiger partial charge in [0.1, 0.15) is 0 Å². The van der Waals surface area contributed by atoms with Gasteiger partial charge in [0, 0.05) is 11.4 Å². The Bertz CT molecular complexity index is 379. The van der Waals surface area contributed by atoms with E-state index in [-0.39, 0.29) is 12.5 Å². The number of rotatable bonds is 3. The summed E-state index contributed by atoms with van der Waals surface area (Å²) in [6.07, 6.45) is 0. The van der Waals surface area contributed by atoms with Crippen molar-refractivity contribution < 1.29 is 14.3 Å². The summed E-state index contributed by atoms with van der Waals surface area (Å²) in [5.74, 6) is -0.839. The topological polar surface area (TPSA) is 55.4 Å². The molecule has 0 saturated carbocycles. The number of nitrogens with one attached hydrogen (secondary N) is 1. The smallest absolute Gasteiger partial charge is 0.303 e. The van der Waals surface area contributed by atoms with Crippen LogP contribution in [0.5, 0.6) is 0 Å². The third kappa shape index (κ3) is 4.12. The van der Waals surface area contributed by atoms with E-state index in [0.29, 0.717) is 5.69 Å². The van der Waals surface area contributed by atoms with Crippen molar-refractivity contribution in [3.63, 3.8) is 0 Å². The summed E-state index contributed by atoms with van der Waals surface area (Å²) in [6.45, 7) is 0.988. The van der Waals surface area contributed by atoms with Gasteiger partial charge >= 0.3 is 5.97 Å².